The highest BCUT2D eigenvalue weighted by atomic mass is 35.5. The molecule has 0 bridgehead atoms. The summed E-state index contributed by atoms with van der Waals surface area (Å²) in [4.78, 5) is 44.6. The Morgan fingerprint density at radius 1 is 0.894 bits per heavy atom. The van der Waals surface area contributed by atoms with Gasteiger partial charge in [0.1, 0.15) is 11.4 Å². The van der Waals surface area contributed by atoms with Crippen LogP contribution in [0.2, 0.25) is 10.0 Å². The summed E-state index contributed by atoms with van der Waals surface area (Å²) in [5.74, 6) is -0.515. The Kier molecular flexibility index (Phi) is 11.3. The molecular weight excluding hydrogens is 675 g/mol. The van der Waals surface area contributed by atoms with Gasteiger partial charge in [-0.2, -0.15) is 0 Å². The smallest absolute Gasteiger partial charge is 0.272 e. The number of halogens is 2. The van der Waals surface area contributed by atoms with E-state index in [9.17, 15) is 14.4 Å². The Hall–Kier alpha value is -4.61. The number of aromatic nitrogens is 1. The molecule has 0 aliphatic heterocycles. The Morgan fingerprint density at radius 2 is 1.66 bits per heavy atom. The van der Waals surface area contributed by atoms with Crippen molar-refractivity contribution in [3.8, 4) is 17.0 Å². The fourth-order valence-electron chi connectivity index (χ4n) is 4.24. The number of ether oxygens (including phenoxy) is 1. The van der Waals surface area contributed by atoms with E-state index >= 15 is 0 Å². The molecule has 1 heterocycles. The average Bonchev–Trinajstić information content (AvgIpc) is 3.55. The van der Waals surface area contributed by atoms with E-state index in [1.807, 2.05) is 29.6 Å². The monoisotopic (exact) mass is 702 g/mol. The zero-order chi connectivity index (χ0) is 33.3. The van der Waals surface area contributed by atoms with Crippen LogP contribution in [0.3, 0.4) is 0 Å². The lowest BCUT2D eigenvalue weighted by Crippen LogP contribution is -2.30. The number of thioether (sulfide) groups is 1. The van der Waals surface area contributed by atoms with Gasteiger partial charge in [-0.1, -0.05) is 59.6 Å². The topological polar surface area (TPSA) is 109 Å². The molecule has 8 nitrogen and oxygen atoms in total. The first-order valence-corrected chi connectivity index (χ1v) is 16.7. The number of hydrogen-bond acceptors (Lipinski definition) is 7. The number of rotatable bonds is 11. The van der Waals surface area contributed by atoms with E-state index in [-0.39, 0.29) is 11.6 Å². The summed E-state index contributed by atoms with van der Waals surface area (Å²) in [5.41, 5.74) is 3.14. The summed E-state index contributed by atoms with van der Waals surface area (Å²) in [5, 5.41) is 11.2. The summed E-state index contributed by atoms with van der Waals surface area (Å²) in [6.07, 6.45) is 1.58. The Labute approximate surface area is 290 Å². The third-order valence-electron chi connectivity index (χ3n) is 6.68. The van der Waals surface area contributed by atoms with Crippen molar-refractivity contribution in [2.75, 3.05) is 17.7 Å². The predicted octanol–water partition coefficient (Wildman–Crippen LogP) is 8.65. The number of amides is 3. The summed E-state index contributed by atoms with van der Waals surface area (Å²) in [6, 6.07) is 28.1. The number of anilines is 2. The predicted molar refractivity (Wildman–Crippen MR) is 191 cm³/mol. The number of nitrogens with one attached hydrogen (secondary N) is 3. The van der Waals surface area contributed by atoms with Crippen LogP contribution in [-0.2, 0) is 9.59 Å². The maximum Gasteiger partial charge on any atom is 0.272 e. The van der Waals surface area contributed by atoms with Crippen LogP contribution < -0.4 is 20.7 Å². The normalized spacial score (nSPS) is 11.8. The molecule has 0 aliphatic rings. The van der Waals surface area contributed by atoms with Crippen LogP contribution in [0.5, 0.6) is 5.75 Å². The van der Waals surface area contributed by atoms with Crippen molar-refractivity contribution in [3.63, 3.8) is 0 Å². The molecule has 3 amide bonds. The van der Waals surface area contributed by atoms with E-state index in [2.05, 4.69) is 20.9 Å². The molecule has 5 rings (SSSR count). The molecule has 1 unspecified atom stereocenters. The summed E-state index contributed by atoms with van der Waals surface area (Å²) >= 11 is 14.8. The van der Waals surface area contributed by atoms with E-state index in [1.165, 1.54) is 23.1 Å². The third kappa shape index (κ3) is 9.24. The zero-order valence-electron chi connectivity index (χ0n) is 25.1. The molecule has 1 atom stereocenters. The molecule has 1 aromatic heterocycles. The minimum absolute atomic E-state index is 0.0559. The zero-order valence-corrected chi connectivity index (χ0v) is 28.3. The molecule has 5 aromatic rings. The molecule has 0 saturated carbocycles. The second-order valence-electron chi connectivity index (χ2n) is 10.0. The lowest BCUT2D eigenvalue weighted by atomic mass is 10.1. The van der Waals surface area contributed by atoms with Crippen LogP contribution in [0, 0.1) is 0 Å². The largest absolute Gasteiger partial charge is 0.497 e. The van der Waals surface area contributed by atoms with Gasteiger partial charge >= 0.3 is 0 Å². The van der Waals surface area contributed by atoms with Crippen LogP contribution in [-0.4, -0.2) is 35.1 Å². The Bertz CT molecular complexity index is 1930. The number of thiazole rings is 1. The number of carbonyl (C=O) groups excluding carboxylic acids is 3. The first-order valence-electron chi connectivity index (χ1n) is 14.2. The fraction of sp³-hybridized carbons (Fsp3) is 0.0857. The van der Waals surface area contributed by atoms with Gasteiger partial charge in [0.25, 0.3) is 11.8 Å². The standard InChI is InChI=1S/C35H28Cl2N4O4S2/c1-21(32(42)41-35-40-31(20-46-35)24-11-16-28(36)29(37)19-24)47-27-14-12-25(13-15-27)38-34(44)30(18-22-7-6-10-26(17-22)45-2)39-33(43)23-8-4-3-5-9-23/h3-21H,1-2H3,(H,38,44)(H,39,43)(H,40,41,42)/b30-18-. The van der Waals surface area contributed by atoms with E-state index in [4.69, 9.17) is 27.9 Å². The molecule has 0 radical (unpaired) electrons. The minimum Gasteiger partial charge on any atom is -0.497 e. The first-order chi connectivity index (χ1) is 22.7. The molecule has 3 N–H and O–H groups in total. The van der Waals surface area contributed by atoms with Crippen LogP contribution in [0.1, 0.15) is 22.8 Å². The fourth-order valence-corrected chi connectivity index (χ4v) is 6.13. The van der Waals surface area contributed by atoms with Crippen molar-refractivity contribution >= 4 is 80.9 Å². The van der Waals surface area contributed by atoms with E-state index in [0.717, 1.165) is 10.5 Å². The summed E-state index contributed by atoms with van der Waals surface area (Å²) in [7, 11) is 1.55. The van der Waals surface area contributed by atoms with E-state index in [0.29, 0.717) is 43.4 Å². The minimum atomic E-state index is -0.506. The summed E-state index contributed by atoms with van der Waals surface area (Å²) in [6.45, 7) is 1.80. The van der Waals surface area contributed by atoms with E-state index in [1.54, 1.807) is 92.9 Å². The van der Waals surface area contributed by atoms with Crippen molar-refractivity contribution in [3.05, 3.63) is 129 Å². The van der Waals surface area contributed by atoms with E-state index < -0.39 is 17.1 Å². The molecule has 4 aromatic carbocycles. The number of nitrogens with zero attached hydrogens (tertiary/aromatic N) is 1. The second-order valence-corrected chi connectivity index (χ2v) is 13.1. The number of methoxy groups -OCH3 is 1. The van der Waals surface area contributed by atoms with Crippen molar-refractivity contribution in [1.29, 1.82) is 0 Å². The van der Waals surface area contributed by atoms with Crippen molar-refractivity contribution in [1.82, 2.24) is 10.3 Å². The molecule has 238 valence electrons. The quantitative estimate of drug-likeness (QED) is 0.0939. The molecule has 12 heteroatoms. The molecule has 0 spiro atoms. The van der Waals surface area contributed by atoms with Gasteiger partial charge in [0.05, 0.1) is 28.1 Å². The third-order valence-corrected chi connectivity index (χ3v) is 9.29. The lowest BCUT2D eigenvalue weighted by molar-refractivity contribution is -0.115. The average molecular weight is 704 g/mol. The van der Waals surface area contributed by atoms with Gasteiger partial charge in [-0.25, -0.2) is 4.98 Å². The van der Waals surface area contributed by atoms with Crippen LogP contribution in [0.4, 0.5) is 10.8 Å². The van der Waals surface area contributed by atoms with Gasteiger partial charge in [-0.15, -0.1) is 23.1 Å². The van der Waals surface area contributed by atoms with Gasteiger partial charge in [0.15, 0.2) is 5.13 Å². The van der Waals surface area contributed by atoms with Crippen LogP contribution in [0.15, 0.2) is 113 Å². The molecule has 0 fully saturated rings. The molecule has 0 saturated heterocycles. The highest BCUT2D eigenvalue weighted by molar-refractivity contribution is 8.00. The second kappa shape index (κ2) is 15.8. The molecule has 47 heavy (non-hydrogen) atoms. The number of carbonyl (C=O) groups is 3. The lowest BCUT2D eigenvalue weighted by Gasteiger charge is -2.13. The van der Waals surface area contributed by atoms with Gasteiger partial charge in [0, 0.05) is 27.1 Å². The van der Waals surface area contributed by atoms with Crippen molar-refractivity contribution in [2.45, 2.75) is 17.1 Å². The molecular formula is C35H28Cl2N4O4S2. The van der Waals surface area contributed by atoms with Gasteiger partial charge in [-0.05, 0) is 79.2 Å². The SMILES string of the molecule is COc1cccc(/C=C(\NC(=O)c2ccccc2)C(=O)Nc2ccc(SC(C)C(=O)Nc3nc(-c4ccc(Cl)c(Cl)c4)cs3)cc2)c1. The van der Waals surface area contributed by atoms with Crippen LogP contribution >= 0.6 is 46.3 Å². The van der Waals surface area contributed by atoms with Gasteiger partial charge in [-0.3, -0.25) is 14.4 Å². The first kappa shape index (κ1) is 33.7. The summed E-state index contributed by atoms with van der Waals surface area (Å²) < 4.78 is 5.30. The highest BCUT2D eigenvalue weighted by Crippen LogP contribution is 2.31. The van der Waals surface area contributed by atoms with Gasteiger partial charge in [0.2, 0.25) is 5.91 Å². The Balaban J connectivity index is 1.22. The number of hydrogen-bond donors (Lipinski definition) is 3. The van der Waals surface area contributed by atoms with Gasteiger partial charge < -0.3 is 20.7 Å². The maximum absolute atomic E-state index is 13.4. The Morgan fingerprint density at radius 3 is 2.38 bits per heavy atom. The number of benzene rings is 4. The van der Waals surface area contributed by atoms with Crippen molar-refractivity contribution in [2.24, 2.45) is 0 Å². The highest BCUT2D eigenvalue weighted by Gasteiger charge is 2.18. The van der Waals surface area contributed by atoms with Crippen molar-refractivity contribution < 1.29 is 19.1 Å². The van der Waals surface area contributed by atoms with Crippen LogP contribution in [0.25, 0.3) is 17.3 Å². The molecule has 0 aliphatic carbocycles. The maximum atomic E-state index is 13.4.